The number of likely N-dealkylation sites (tertiary alicyclic amines) is 1. The fourth-order valence-electron chi connectivity index (χ4n) is 11.6. The van der Waals surface area contributed by atoms with E-state index >= 15 is 14.4 Å². The number of benzene rings is 3. The number of likely N-dealkylation sites (N-methyl/N-ethyl adjacent to an activating group) is 1. The SMILES string of the molecule is CCCCCC(NC(=O)C(C)C(C)C)C(=O)NC(Cc1cc2ccccc2n1C(=O)OC(C)(C)C)C(=O)NC(CCCCn1cc(CC(NC)C(=O)N2CCCCC2)nn1)C(=O)NC(Cc1ccccc1)C(=O)NC(Cc1cc2ccccc2n1C(=O)OC(C)(C)C)C(C)=O.CN. The Hall–Kier alpha value is -8.77. The summed E-state index contributed by atoms with van der Waals surface area (Å²) in [4.78, 5) is 132. The van der Waals surface area contributed by atoms with E-state index in [1.165, 1.54) is 23.1 Å². The molecule has 24 nitrogen and oxygen atoms in total. The Kier molecular flexibility index (Phi) is 29.1. The van der Waals surface area contributed by atoms with E-state index in [0.717, 1.165) is 32.1 Å². The fraction of sp³-hybridized carbons (Fsp3) is 0.548. The fourth-order valence-corrected chi connectivity index (χ4v) is 11.6. The predicted molar refractivity (Wildman–Crippen MR) is 374 cm³/mol. The molecular weight excluding hydrogens is 1230 g/mol. The number of aromatic nitrogens is 5. The summed E-state index contributed by atoms with van der Waals surface area (Å²) < 4.78 is 16.1. The van der Waals surface area contributed by atoms with E-state index in [1.807, 2.05) is 49.9 Å². The monoisotopic (exact) mass is 1340 g/mol. The van der Waals surface area contributed by atoms with Crippen LogP contribution >= 0.6 is 0 Å². The second-order valence-corrected chi connectivity index (χ2v) is 27.5. The Morgan fingerprint density at radius 2 is 1.00 bits per heavy atom. The summed E-state index contributed by atoms with van der Waals surface area (Å²) in [5, 5.41) is 27.9. The number of ketones is 1. The summed E-state index contributed by atoms with van der Waals surface area (Å²) >= 11 is 0. The highest BCUT2D eigenvalue weighted by Crippen LogP contribution is 2.26. The molecule has 0 radical (unpaired) electrons. The maximum Gasteiger partial charge on any atom is 0.419 e. The molecule has 3 aromatic heterocycles. The first-order valence-electron chi connectivity index (χ1n) is 34.3. The van der Waals surface area contributed by atoms with Gasteiger partial charge in [0.15, 0.2) is 5.78 Å². The zero-order valence-electron chi connectivity index (χ0n) is 59.1. The lowest BCUT2D eigenvalue weighted by atomic mass is 9.96. The van der Waals surface area contributed by atoms with Crippen molar-refractivity contribution in [2.24, 2.45) is 17.6 Å². The predicted octanol–water partition coefficient (Wildman–Crippen LogP) is 8.26. The lowest BCUT2D eigenvalue weighted by Crippen LogP contribution is -2.59. The van der Waals surface area contributed by atoms with Crippen LogP contribution in [0.1, 0.15) is 163 Å². The maximum atomic E-state index is 15.5. The molecule has 1 aliphatic rings. The van der Waals surface area contributed by atoms with Gasteiger partial charge in [0.2, 0.25) is 35.4 Å². The molecule has 1 saturated heterocycles. The second kappa shape index (κ2) is 36.5. The van der Waals surface area contributed by atoms with Gasteiger partial charge in [-0.1, -0.05) is 119 Å². The summed E-state index contributed by atoms with van der Waals surface area (Å²) in [5.74, 6) is -4.20. The number of hydrogen-bond acceptors (Lipinski definition) is 15. The number of fused-ring (bicyclic) bond motifs is 2. The Bertz CT molecular complexity index is 3610. The molecule has 0 aliphatic carbocycles. The molecule has 0 bridgehead atoms. The van der Waals surface area contributed by atoms with Crippen LogP contribution in [0.3, 0.4) is 0 Å². The topological polar surface area (TPSA) is 314 Å². The Labute approximate surface area is 571 Å². The number of nitrogens with one attached hydrogen (secondary N) is 6. The molecule has 1 aliphatic heterocycles. The number of hydrogen-bond donors (Lipinski definition) is 7. The zero-order valence-corrected chi connectivity index (χ0v) is 59.1. The Morgan fingerprint density at radius 1 is 0.546 bits per heavy atom. The van der Waals surface area contributed by atoms with Gasteiger partial charge in [0, 0.05) is 79.6 Å². The third-order valence-electron chi connectivity index (χ3n) is 17.1. The molecule has 0 saturated carbocycles. The molecule has 6 amide bonds. The standard InChI is InChI=1S/C72H100N12O11.CH5N/c1-13-14-17-32-55(74-63(86)47(4)46(2)3)64(87)78-59(44-54-41-51-31-21-23-35-62(51)84(54)70(93)95-72(9,10)11)67(90)75-56(33-24-27-38-82-45-52(79-80-82)42-60(73-12)68(91)81-36-25-16-26-37-81)65(88)77-58(39-49-28-18-15-19-29-49)66(89)76-57(48(5)85)43-53-40-50-30-20-22-34-61(50)83(53)69(92)94-71(6,7)8;1-2/h15,18-23,28-31,34-35,40-41,45-47,55-60,73H,13-14,16-17,24-27,32-33,36-39,42-44H2,1-12H3,(H,74,86)(H,75,90)(H,76,89)(H,77,88)(H,78,87);2H2,1H3. The van der Waals surface area contributed by atoms with E-state index in [1.54, 1.807) is 133 Å². The lowest BCUT2D eigenvalue weighted by molar-refractivity contribution is -0.135. The molecule has 7 atom stereocenters. The number of carbonyl (C=O) groups excluding carboxylic acids is 9. The quantitative estimate of drug-likeness (QED) is 0.0202. The van der Waals surface area contributed by atoms with Crippen molar-refractivity contribution in [1.82, 2.24) is 60.9 Å². The highest BCUT2D eigenvalue weighted by Gasteiger charge is 2.36. The molecule has 7 unspecified atom stereocenters. The minimum absolute atomic E-state index is 0.00210. The average molecular weight is 1340 g/mol. The van der Waals surface area contributed by atoms with Crippen LogP contribution in [0, 0.1) is 11.8 Å². The molecule has 97 heavy (non-hydrogen) atoms. The normalized spacial score (nSPS) is 14.8. The summed E-state index contributed by atoms with van der Waals surface area (Å²) in [7, 11) is 3.25. The maximum absolute atomic E-state index is 15.5. The van der Waals surface area contributed by atoms with Crippen LogP contribution in [0.4, 0.5) is 9.59 Å². The van der Waals surface area contributed by atoms with Crippen molar-refractivity contribution in [3.05, 3.63) is 120 Å². The molecule has 1 fully saturated rings. The van der Waals surface area contributed by atoms with Crippen LogP contribution in [-0.2, 0) is 75.3 Å². The molecule has 0 spiro atoms. The minimum Gasteiger partial charge on any atom is -0.443 e. The Balaban J connectivity index is 0.00000736. The number of nitrogens with two attached hydrogens (primary N) is 1. The van der Waals surface area contributed by atoms with E-state index < -0.39 is 95.0 Å². The summed E-state index contributed by atoms with van der Waals surface area (Å²) in [6, 6.07) is 19.8. The third-order valence-corrected chi connectivity index (χ3v) is 17.1. The molecule has 6 aromatic rings. The lowest BCUT2D eigenvalue weighted by Gasteiger charge is -2.30. The van der Waals surface area contributed by atoms with Crippen LogP contribution in [0.5, 0.6) is 0 Å². The van der Waals surface area contributed by atoms with Gasteiger partial charge in [0.1, 0.15) is 35.4 Å². The van der Waals surface area contributed by atoms with Gasteiger partial charge < -0.3 is 52.0 Å². The van der Waals surface area contributed by atoms with Crippen LogP contribution in [0.2, 0.25) is 0 Å². The summed E-state index contributed by atoms with van der Waals surface area (Å²) in [5.41, 5.74) is 5.71. The van der Waals surface area contributed by atoms with Crippen LogP contribution < -0.4 is 37.6 Å². The highest BCUT2D eigenvalue weighted by atomic mass is 16.6. The smallest absolute Gasteiger partial charge is 0.419 e. The van der Waals surface area contributed by atoms with Gasteiger partial charge in [0.25, 0.3) is 0 Å². The van der Waals surface area contributed by atoms with E-state index in [4.69, 9.17) is 9.47 Å². The van der Waals surface area contributed by atoms with Gasteiger partial charge in [-0.3, -0.25) is 38.2 Å². The molecule has 8 N–H and O–H groups in total. The number of piperidine rings is 1. The molecular formula is C73H105N13O11. The number of para-hydroxylation sites is 2. The van der Waals surface area contributed by atoms with Crippen LogP contribution in [0.25, 0.3) is 21.8 Å². The van der Waals surface area contributed by atoms with Crippen molar-refractivity contribution in [3.63, 3.8) is 0 Å². The largest absolute Gasteiger partial charge is 0.443 e. The van der Waals surface area contributed by atoms with Crippen molar-refractivity contribution >= 4 is 75.2 Å². The number of ether oxygens (including phenoxy) is 2. The zero-order chi connectivity index (χ0) is 71.1. The highest BCUT2D eigenvalue weighted by molar-refractivity contribution is 5.98. The van der Waals surface area contributed by atoms with Gasteiger partial charge in [-0.05, 0) is 143 Å². The van der Waals surface area contributed by atoms with Crippen molar-refractivity contribution in [2.75, 3.05) is 27.2 Å². The van der Waals surface area contributed by atoms with Gasteiger partial charge in [0.05, 0.1) is 28.8 Å². The Morgan fingerprint density at radius 3 is 1.49 bits per heavy atom. The van der Waals surface area contributed by atoms with Gasteiger partial charge in [-0.25, -0.2) is 18.7 Å². The van der Waals surface area contributed by atoms with Gasteiger partial charge in [-0.15, -0.1) is 5.10 Å². The van der Waals surface area contributed by atoms with E-state index in [9.17, 15) is 28.8 Å². The molecule has 4 heterocycles. The second-order valence-electron chi connectivity index (χ2n) is 27.5. The number of aryl methyl sites for hydroxylation is 1. The number of nitrogens with zero attached hydrogens (tertiary/aromatic N) is 6. The van der Waals surface area contributed by atoms with Crippen molar-refractivity contribution in [2.45, 2.75) is 220 Å². The van der Waals surface area contributed by atoms with Gasteiger partial charge in [-0.2, -0.15) is 0 Å². The van der Waals surface area contributed by atoms with Crippen LogP contribution in [0.15, 0.2) is 97.2 Å². The number of rotatable bonds is 31. The number of Topliss-reactive ketones (excluding diaryl/α,β-unsaturated/α-hetero) is 1. The van der Waals surface area contributed by atoms with Crippen molar-refractivity contribution < 1.29 is 52.6 Å². The van der Waals surface area contributed by atoms with Gasteiger partial charge >= 0.3 is 12.2 Å². The summed E-state index contributed by atoms with van der Waals surface area (Å²) in [6.45, 7) is 21.2. The molecule has 24 heteroatoms. The molecule has 3 aromatic carbocycles. The van der Waals surface area contributed by atoms with E-state index in [-0.39, 0.29) is 49.8 Å². The number of unbranched alkanes of at least 4 members (excludes halogenated alkanes) is 3. The first kappa shape index (κ1) is 77.2. The third kappa shape index (κ3) is 22.9. The average Bonchev–Trinajstić information content (AvgIpc) is 1.65. The first-order valence-corrected chi connectivity index (χ1v) is 34.3. The van der Waals surface area contributed by atoms with E-state index in [0.29, 0.717) is 89.8 Å². The molecule has 7 rings (SSSR count). The molecule has 528 valence electrons. The van der Waals surface area contributed by atoms with Crippen molar-refractivity contribution in [3.8, 4) is 0 Å². The summed E-state index contributed by atoms with van der Waals surface area (Å²) in [6.07, 6.45) is 6.42. The van der Waals surface area contributed by atoms with Crippen molar-refractivity contribution in [1.29, 1.82) is 0 Å². The number of carbonyl (C=O) groups is 9. The van der Waals surface area contributed by atoms with E-state index in [2.05, 4.69) is 47.9 Å². The number of amides is 6. The first-order chi connectivity index (χ1) is 46.1. The van der Waals surface area contributed by atoms with Crippen LogP contribution in [-0.4, -0.2) is 157 Å². The minimum atomic E-state index is -1.48.